The van der Waals surface area contributed by atoms with Crippen LogP contribution in [0.2, 0.25) is 0 Å². The first kappa shape index (κ1) is 16.0. The molecule has 0 spiro atoms. The van der Waals surface area contributed by atoms with Crippen LogP contribution in [0.5, 0.6) is 0 Å². The molecule has 0 aromatic heterocycles. The van der Waals surface area contributed by atoms with Crippen LogP contribution in [-0.4, -0.2) is 41.2 Å². The van der Waals surface area contributed by atoms with Gasteiger partial charge in [-0.2, -0.15) is 0 Å². The number of nitrogens with zero attached hydrogens (tertiary/aromatic N) is 1. The van der Waals surface area contributed by atoms with E-state index in [2.05, 4.69) is 10.2 Å². The lowest BCUT2D eigenvalue weighted by Crippen LogP contribution is -2.43. The summed E-state index contributed by atoms with van der Waals surface area (Å²) >= 11 is 0. The average Bonchev–Trinajstić information content (AvgIpc) is 2.93. The number of amides is 1. The molecule has 24 heavy (non-hydrogen) atoms. The van der Waals surface area contributed by atoms with Crippen LogP contribution < -0.4 is 10.8 Å². The first-order valence-electron chi connectivity index (χ1n) is 8.86. The van der Waals surface area contributed by atoms with Crippen molar-refractivity contribution in [2.75, 3.05) is 13.1 Å². The highest BCUT2D eigenvalue weighted by atomic mass is 19.1. The van der Waals surface area contributed by atoms with Gasteiger partial charge in [-0.15, -0.1) is 0 Å². The molecule has 130 valence electrons. The summed E-state index contributed by atoms with van der Waals surface area (Å²) in [4.78, 5) is 13.9. The molecule has 1 amide bonds. The van der Waals surface area contributed by atoms with E-state index in [1.165, 1.54) is 31.7 Å². The highest BCUT2D eigenvalue weighted by molar-refractivity contribution is 5.93. The van der Waals surface area contributed by atoms with E-state index in [0.717, 1.165) is 25.1 Å². The summed E-state index contributed by atoms with van der Waals surface area (Å²) in [6.07, 6.45) is 5.81. The van der Waals surface area contributed by atoms with Crippen LogP contribution in [0.15, 0.2) is 12.1 Å². The Balaban J connectivity index is 1.45. The number of carbonyl (C=O) groups excluding carboxylic acids is 1. The fourth-order valence-electron chi connectivity index (χ4n) is 4.72. The Kier molecular flexibility index (Phi) is 4.28. The topological polar surface area (TPSA) is 64.6 Å². The van der Waals surface area contributed by atoms with Crippen molar-refractivity contribution in [2.24, 2.45) is 5.92 Å². The molecule has 5 nitrogen and oxygen atoms in total. The molecule has 6 heteroatoms. The molecule has 0 saturated carbocycles. The minimum Gasteiger partial charge on any atom is -0.311 e. The van der Waals surface area contributed by atoms with Crippen LogP contribution in [0.3, 0.4) is 0 Å². The molecule has 1 aromatic carbocycles. The number of benzene rings is 1. The van der Waals surface area contributed by atoms with Crippen molar-refractivity contribution in [1.82, 2.24) is 15.7 Å². The van der Waals surface area contributed by atoms with Crippen molar-refractivity contribution in [3.05, 3.63) is 34.6 Å². The highest BCUT2D eigenvalue weighted by Gasteiger charge is 2.34. The molecule has 1 aromatic rings. The minimum atomic E-state index is -0.663. The van der Waals surface area contributed by atoms with Gasteiger partial charge in [-0.05, 0) is 55.7 Å². The molecular weight excluding hydrogens is 309 g/mol. The molecule has 3 N–H and O–H groups in total. The number of piperidine rings is 1. The van der Waals surface area contributed by atoms with Crippen LogP contribution in [0, 0.1) is 11.7 Å². The zero-order valence-corrected chi connectivity index (χ0v) is 13.7. The molecule has 2 bridgehead atoms. The first-order chi connectivity index (χ1) is 11.6. The fourth-order valence-corrected chi connectivity index (χ4v) is 4.72. The smallest absolute Gasteiger partial charge is 0.274 e. The second kappa shape index (κ2) is 6.43. The lowest BCUT2D eigenvalue weighted by atomic mass is 9.90. The van der Waals surface area contributed by atoms with Gasteiger partial charge >= 0.3 is 0 Å². The zero-order valence-electron chi connectivity index (χ0n) is 13.7. The van der Waals surface area contributed by atoms with E-state index in [9.17, 15) is 9.18 Å². The predicted octanol–water partition coefficient (Wildman–Crippen LogP) is 1.83. The summed E-state index contributed by atoms with van der Waals surface area (Å²) in [6, 6.07) is 4.29. The van der Waals surface area contributed by atoms with Gasteiger partial charge in [-0.3, -0.25) is 14.9 Å². The first-order valence-corrected chi connectivity index (χ1v) is 8.86. The van der Waals surface area contributed by atoms with Gasteiger partial charge in [0.2, 0.25) is 0 Å². The van der Waals surface area contributed by atoms with E-state index < -0.39 is 5.91 Å². The number of hydrogen-bond acceptors (Lipinski definition) is 4. The van der Waals surface area contributed by atoms with E-state index in [4.69, 9.17) is 5.21 Å². The van der Waals surface area contributed by atoms with Gasteiger partial charge in [0.25, 0.3) is 5.91 Å². The van der Waals surface area contributed by atoms with Gasteiger partial charge in [-0.25, -0.2) is 9.87 Å². The zero-order chi connectivity index (χ0) is 16.7. The van der Waals surface area contributed by atoms with Crippen molar-refractivity contribution in [3.8, 4) is 0 Å². The number of nitrogens with one attached hydrogen (secondary N) is 2. The molecule has 2 unspecified atom stereocenters. The summed E-state index contributed by atoms with van der Waals surface area (Å²) < 4.78 is 14.4. The fraction of sp³-hybridized carbons (Fsp3) is 0.611. The maximum Gasteiger partial charge on any atom is 0.274 e. The third-order valence-electron chi connectivity index (χ3n) is 5.82. The Hall–Kier alpha value is -1.50. The molecule has 2 saturated heterocycles. The molecule has 3 atom stereocenters. The molecule has 0 aliphatic carbocycles. The Morgan fingerprint density at radius 2 is 2.08 bits per heavy atom. The number of hydroxylamine groups is 1. The second-order valence-corrected chi connectivity index (χ2v) is 7.50. The summed E-state index contributed by atoms with van der Waals surface area (Å²) in [5.74, 6) is -0.307. The van der Waals surface area contributed by atoms with Gasteiger partial charge < -0.3 is 5.32 Å². The van der Waals surface area contributed by atoms with E-state index >= 15 is 0 Å². The predicted molar refractivity (Wildman–Crippen MR) is 87.3 cm³/mol. The standard InChI is InChI=1S/C18H24FN3O2/c19-17-8-13(18(23)21-24)7-12-3-4-22(10-16(12)17)9-11-5-14-1-2-15(6-11)20-14/h7-8,11,14-15,20,24H,1-6,9-10H2,(H,21,23)/t11?,14-,15?/m0/s1. The molecule has 4 rings (SSSR count). The number of halogens is 1. The molecule has 2 fully saturated rings. The van der Waals surface area contributed by atoms with Crippen molar-refractivity contribution >= 4 is 5.91 Å². The van der Waals surface area contributed by atoms with Crippen LogP contribution in [-0.2, 0) is 13.0 Å². The second-order valence-electron chi connectivity index (χ2n) is 7.50. The van der Waals surface area contributed by atoms with Crippen molar-refractivity contribution in [3.63, 3.8) is 0 Å². The van der Waals surface area contributed by atoms with E-state index in [0.29, 0.717) is 30.1 Å². The van der Waals surface area contributed by atoms with E-state index in [-0.39, 0.29) is 11.4 Å². The highest BCUT2D eigenvalue weighted by Crippen LogP contribution is 2.32. The number of fused-ring (bicyclic) bond motifs is 3. The number of rotatable bonds is 3. The number of hydrogen-bond donors (Lipinski definition) is 3. The third-order valence-corrected chi connectivity index (χ3v) is 5.82. The molecule has 0 radical (unpaired) electrons. The SMILES string of the molecule is O=C(NO)c1cc(F)c2c(c1)CCN(CC1CC3CC[C@@H](C1)N3)C2. The maximum absolute atomic E-state index is 14.4. The largest absolute Gasteiger partial charge is 0.311 e. The van der Waals surface area contributed by atoms with Gasteiger partial charge in [0.15, 0.2) is 0 Å². The lowest BCUT2D eigenvalue weighted by Gasteiger charge is -2.36. The minimum absolute atomic E-state index is 0.178. The molecule has 3 aliphatic heterocycles. The van der Waals surface area contributed by atoms with Gasteiger partial charge in [-0.1, -0.05) is 0 Å². The van der Waals surface area contributed by atoms with Gasteiger partial charge in [0, 0.05) is 42.8 Å². The number of carbonyl (C=O) groups is 1. The quantitative estimate of drug-likeness (QED) is 0.583. The molecule has 3 heterocycles. The lowest BCUT2D eigenvalue weighted by molar-refractivity contribution is 0.0705. The Morgan fingerprint density at radius 1 is 1.33 bits per heavy atom. The van der Waals surface area contributed by atoms with Crippen LogP contribution >= 0.6 is 0 Å². The van der Waals surface area contributed by atoms with Crippen LogP contribution in [0.4, 0.5) is 4.39 Å². The Morgan fingerprint density at radius 3 is 2.79 bits per heavy atom. The third kappa shape index (κ3) is 3.06. The molecular formula is C18H24FN3O2. The van der Waals surface area contributed by atoms with Crippen molar-refractivity contribution in [2.45, 2.75) is 50.7 Å². The summed E-state index contributed by atoms with van der Waals surface area (Å²) in [6.45, 7) is 2.55. The van der Waals surface area contributed by atoms with Gasteiger partial charge in [0.05, 0.1) is 0 Å². The summed E-state index contributed by atoms with van der Waals surface area (Å²) in [5.41, 5.74) is 3.33. The average molecular weight is 333 g/mol. The summed E-state index contributed by atoms with van der Waals surface area (Å²) in [5, 5.41) is 12.4. The maximum atomic E-state index is 14.4. The molecule has 3 aliphatic rings. The van der Waals surface area contributed by atoms with E-state index in [1.807, 2.05) is 0 Å². The van der Waals surface area contributed by atoms with Crippen molar-refractivity contribution < 1.29 is 14.4 Å². The van der Waals surface area contributed by atoms with Gasteiger partial charge in [0.1, 0.15) is 5.82 Å². The monoisotopic (exact) mass is 333 g/mol. The van der Waals surface area contributed by atoms with Crippen molar-refractivity contribution in [1.29, 1.82) is 0 Å². The van der Waals surface area contributed by atoms with E-state index in [1.54, 1.807) is 11.5 Å². The Labute approximate surface area is 141 Å². The Bertz CT molecular complexity index is 639. The summed E-state index contributed by atoms with van der Waals surface area (Å²) in [7, 11) is 0. The van der Waals surface area contributed by atoms with Crippen LogP contribution in [0.1, 0.15) is 47.2 Å². The van der Waals surface area contributed by atoms with Crippen LogP contribution in [0.25, 0.3) is 0 Å². The normalized spacial score (nSPS) is 29.3.